The molecule has 0 aliphatic heterocycles. The molecule has 0 amide bonds. The van der Waals surface area contributed by atoms with Gasteiger partial charge in [-0.3, -0.25) is 0 Å². The first-order valence-corrected chi connectivity index (χ1v) is 5.20. The van der Waals surface area contributed by atoms with Crippen LogP contribution >= 0.6 is 0 Å². The van der Waals surface area contributed by atoms with E-state index in [1.54, 1.807) is 6.08 Å². The Kier molecular flexibility index (Phi) is 4.55. The molecule has 1 aromatic carbocycles. The lowest BCUT2D eigenvalue weighted by Gasteiger charge is -2.20. The predicted molar refractivity (Wildman–Crippen MR) is 69.9 cm³/mol. The first-order chi connectivity index (χ1) is 7.70. The zero-order chi connectivity index (χ0) is 12.0. The average molecular weight is 214 g/mol. The van der Waals surface area contributed by atoms with Crippen molar-refractivity contribution in [1.29, 1.82) is 0 Å². The van der Waals surface area contributed by atoms with Crippen LogP contribution in [-0.2, 0) is 0 Å². The lowest BCUT2D eigenvalue weighted by Crippen LogP contribution is -2.21. The van der Waals surface area contributed by atoms with E-state index in [4.69, 9.17) is 5.73 Å². The van der Waals surface area contributed by atoms with Gasteiger partial charge in [-0.1, -0.05) is 55.6 Å². The normalized spacial score (nSPS) is 13.2. The molecule has 0 spiro atoms. The van der Waals surface area contributed by atoms with Crippen LogP contribution in [0.25, 0.3) is 0 Å². The van der Waals surface area contributed by atoms with Gasteiger partial charge in [0.05, 0.1) is 6.04 Å². The fourth-order valence-corrected chi connectivity index (χ4v) is 1.66. The van der Waals surface area contributed by atoms with Gasteiger partial charge in [-0.2, -0.15) is 0 Å². The molecule has 0 aliphatic carbocycles. The topological polar surface area (TPSA) is 38.0 Å². The van der Waals surface area contributed by atoms with E-state index < -0.39 is 0 Å². The molecular formula is C14H18N2. The third-order valence-corrected chi connectivity index (χ3v) is 2.40. The summed E-state index contributed by atoms with van der Waals surface area (Å²) < 4.78 is 0. The minimum absolute atomic E-state index is 0.0525. The first-order valence-electron chi connectivity index (χ1n) is 5.20. The van der Waals surface area contributed by atoms with Crippen molar-refractivity contribution in [3.63, 3.8) is 0 Å². The molecule has 84 valence electrons. The summed E-state index contributed by atoms with van der Waals surface area (Å²) >= 11 is 0. The molecule has 0 bridgehead atoms. The van der Waals surface area contributed by atoms with E-state index >= 15 is 0 Å². The second-order valence-corrected chi connectivity index (χ2v) is 3.52. The number of allylic oxidation sites excluding steroid dienone is 2. The van der Waals surface area contributed by atoms with Crippen LogP contribution in [0.2, 0.25) is 0 Å². The van der Waals surface area contributed by atoms with Crippen LogP contribution < -0.4 is 11.1 Å². The summed E-state index contributed by atoms with van der Waals surface area (Å²) in [6.07, 6.45) is 3.61. The summed E-state index contributed by atoms with van der Waals surface area (Å²) in [4.78, 5) is 0. The van der Waals surface area contributed by atoms with E-state index in [0.29, 0.717) is 5.70 Å². The molecule has 1 atom stereocenters. The van der Waals surface area contributed by atoms with Crippen LogP contribution in [0.15, 0.2) is 66.9 Å². The Labute approximate surface area is 97.2 Å². The Morgan fingerprint density at radius 2 is 2.00 bits per heavy atom. The molecule has 2 nitrogen and oxygen atoms in total. The third-order valence-electron chi connectivity index (χ3n) is 2.40. The van der Waals surface area contributed by atoms with Crippen LogP contribution in [-0.4, -0.2) is 7.05 Å². The summed E-state index contributed by atoms with van der Waals surface area (Å²) in [5.74, 6) is 0. The predicted octanol–water partition coefficient (Wildman–Crippen LogP) is 2.53. The Morgan fingerprint density at radius 3 is 2.44 bits per heavy atom. The van der Waals surface area contributed by atoms with Crippen molar-refractivity contribution in [3.8, 4) is 0 Å². The second kappa shape index (κ2) is 5.93. The molecule has 1 unspecified atom stereocenters. The Morgan fingerprint density at radius 1 is 1.38 bits per heavy atom. The third kappa shape index (κ3) is 2.84. The van der Waals surface area contributed by atoms with Crippen molar-refractivity contribution in [2.75, 3.05) is 7.05 Å². The second-order valence-electron chi connectivity index (χ2n) is 3.52. The van der Waals surface area contributed by atoms with Crippen LogP contribution in [0.5, 0.6) is 0 Å². The number of nitrogens with one attached hydrogen (secondary N) is 1. The van der Waals surface area contributed by atoms with Crippen molar-refractivity contribution >= 4 is 0 Å². The fraction of sp³-hybridized carbons (Fsp3) is 0.143. The zero-order valence-corrected chi connectivity index (χ0v) is 9.61. The van der Waals surface area contributed by atoms with Crippen LogP contribution in [0.1, 0.15) is 11.6 Å². The molecule has 0 aliphatic rings. The van der Waals surface area contributed by atoms with Gasteiger partial charge in [-0.25, -0.2) is 0 Å². The van der Waals surface area contributed by atoms with Gasteiger partial charge >= 0.3 is 0 Å². The number of hydrogen-bond donors (Lipinski definition) is 2. The van der Waals surface area contributed by atoms with Gasteiger partial charge in [-0.15, -0.1) is 0 Å². The van der Waals surface area contributed by atoms with Gasteiger partial charge in [0.25, 0.3) is 0 Å². The van der Waals surface area contributed by atoms with E-state index in [0.717, 1.165) is 11.1 Å². The maximum Gasteiger partial charge on any atom is 0.0594 e. The number of likely N-dealkylation sites (N-methyl/N-ethyl adjacent to an activating group) is 1. The zero-order valence-electron chi connectivity index (χ0n) is 9.61. The molecule has 0 radical (unpaired) electrons. The smallest absolute Gasteiger partial charge is 0.0594 e. The van der Waals surface area contributed by atoms with Gasteiger partial charge in [0.1, 0.15) is 0 Å². The molecule has 0 aromatic heterocycles. The number of hydrogen-bond acceptors (Lipinski definition) is 2. The minimum Gasteiger partial charge on any atom is -0.399 e. The number of rotatable bonds is 5. The Balaban J connectivity index is 3.10. The summed E-state index contributed by atoms with van der Waals surface area (Å²) in [7, 11) is 1.90. The van der Waals surface area contributed by atoms with Crippen LogP contribution in [0.4, 0.5) is 0 Å². The van der Waals surface area contributed by atoms with Gasteiger partial charge < -0.3 is 11.1 Å². The quantitative estimate of drug-likeness (QED) is 0.739. The van der Waals surface area contributed by atoms with E-state index in [-0.39, 0.29) is 6.04 Å². The molecule has 1 aromatic rings. The molecule has 16 heavy (non-hydrogen) atoms. The molecule has 1 rings (SSSR count). The van der Waals surface area contributed by atoms with E-state index in [1.807, 2.05) is 31.3 Å². The number of nitrogens with two attached hydrogens (primary N) is 1. The molecular weight excluding hydrogens is 196 g/mol. The molecule has 3 N–H and O–H groups in total. The lowest BCUT2D eigenvalue weighted by atomic mass is 9.96. The summed E-state index contributed by atoms with van der Waals surface area (Å²) in [5, 5.41) is 3.23. The van der Waals surface area contributed by atoms with Crippen molar-refractivity contribution in [2.24, 2.45) is 5.73 Å². The maximum absolute atomic E-state index is 5.79. The molecule has 0 saturated heterocycles. The summed E-state index contributed by atoms with van der Waals surface area (Å²) in [6, 6.07) is 10.2. The maximum atomic E-state index is 5.79. The Bertz CT molecular complexity index is 390. The van der Waals surface area contributed by atoms with Gasteiger partial charge in [0.2, 0.25) is 0 Å². The molecule has 0 heterocycles. The van der Waals surface area contributed by atoms with E-state index in [2.05, 4.69) is 30.6 Å². The molecule has 0 fully saturated rings. The largest absolute Gasteiger partial charge is 0.399 e. The number of benzene rings is 1. The highest BCUT2D eigenvalue weighted by Gasteiger charge is 2.14. The first kappa shape index (κ1) is 12.3. The average Bonchev–Trinajstić information content (AvgIpc) is 2.30. The summed E-state index contributed by atoms with van der Waals surface area (Å²) in [6.45, 7) is 7.48. The van der Waals surface area contributed by atoms with Crippen molar-refractivity contribution in [3.05, 3.63) is 72.5 Å². The van der Waals surface area contributed by atoms with Crippen LogP contribution in [0.3, 0.4) is 0 Å². The fourth-order valence-electron chi connectivity index (χ4n) is 1.66. The SMILES string of the molecule is C=C/C=C(\C(=C)N)C(NC)c1ccccc1. The van der Waals surface area contributed by atoms with Crippen molar-refractivity contribution < 1.29 is 0 Å². The van der Waals surface area contributed by atoms with Crippen molar-refractivity contribution in [2.45, 2.75) is 6.04 Å². The highest BCUT2D eigenvalue weighted by molar-refractivity contribution is 5.39. The van der Waals surface area contributed by atoms with E-state index in [9.17, 15) is 0 Å². The lowest BCUT2D eigenvalue weighted by molar-refractivity contribution is 0.682. The Hall–Kier alpha value is -1.80. The monoisotopic (exact) mass is 214 g/mol. The van der Waals surface area contributed by atoms with Crippen LogP contribution in [0, 0.1) is 0 Å². The van der Waals surface area contributed by atoms with Gasteiger partial charge in [0, 0.05) is 5.70 Å². The molecule has 2 heteroatoms. The molecule has 0 saturated carbocycles. The minimum atomic E-state index is 0.0525. The summed E-state index contributed by atoms with van der Waals surface area (Å²) in [5.41, 5.74) is 8.45. The highest BCUT2D eigenvalue weighted by Crippen LogP contribution is 2.24. The standard InChI is InChI=1S/C14H18N2/c1-4-8-13(11(2)15)14(16-3)12-9-6-5-7-10-12/h4-10,14,16H,1-2,15H2,3H3/b13-8+. The highest BCUT2D eigenvalue weighted by atomic mass is 14.9. The van der Waals surface area contributed by atoms with E-state index in [1.165, 1.54) is 0 Å². The van der Waals surface area contributed by atoms with Gasteiger partial charge in [-0.05, 0) is 18.2 Å². The van der Waals surface area contributed by atoms with Crippen molar-refractivity contribution in [1.82, 2.24) is 5.32 Å². The van der Waals surface area contributed by atoms with Gasteiger partial charge in [0.15, 0.2) is 0 Å².